The highest BCUT2D eigenvalue weighted by Crippen LogP contribution is 2.26. The van der Waals surface area contributed by atoms with Crippen LogP contribution in [0.25, 0.3) is 0 Å². The Kier molecular flexibility index (Phi) is 5.80. The van der Waals surface area contributed by atoms with Gasteiger partial charge in [-0.1, -0.05) is 37.3 Å². The van der Waals surface area contributed by atoms with Crippen molar-refractivity contribution in [3.63, 3.8) is 0 Å². The Morgan fingerprint density at radius 2 is 2.10 bits per heavy atom. The van der Waals surface area contributed by atoms with Gasteiger partial charge >= 0.3 is 0 Å². The van der Waals surface area contributed by atoms with E-state index in [0.29, 0.717) is 12.1 Å². The Bertz CT molecular complexity index is 422. The molecule has 3 nitrogen and oxygen atoms in total. The zero-order valence-electron chi connectivity index (χ0n) is 13.9. The lowest BCUT2D eigenvalue weighted by Crippen LogP contribution is -2.66. The van der Waals surface area contributed by atoms with Crippen LogP contribution in [-0.2, 0) is 11.2 Å². The predicted octanol–water partition coefficient (Wildman–Crippen LogP) is 2.71. The van der Waals surface area contributed by atoms with E-state index in [1.807, 2.05) is 0 Å². The van der Waals surface area contributed by atoms with Crippen LogP contribution in [0.5, 0.6) is 0 Å². The van der Waals surface area contributed by atoms with E-state index in [-0.39, 0.29) is 5.54 Å². The third-order valence-corrected chi connectivity index (χ3v) is 4.91. The molecule has 1 aliphatic rings. The fourth-order valence-corrected chi connectivity index (χ4v) is 3.39. The standard InChI is InChI=1S/C18H30N2O/c1-5-18(3)14-19-17(11-16-9-7-6-8-10-16)12-20(18)15(2)13-21-4/h6-10,15,17,19H,5,11-14H2,1-4H3. The number of ether oxygens (including phenoxy) is 1. The minimum atomic E-state index is 0.227. The summed E-state index contributed by atoms with van der Waals surface area (Å²) in [6, 6.07) is 11.8. The third-order valence-electron chi connectivity index (χ3n) is 4.91. The van der Waals surface area contributed by atoms with Crippen molar-refractivity contribution in [2.75, 3.05) is 26.8 Å². The van der Waals surface area contributed by atoms with Crippen molar-refractivity contribution in [2.45, 2.75) is 51.2 Å². The van der Waals surface area contributed by atoms with Gasteiger partial charge in [-0.3, -0.25) is 4.90 Å². The number of methoxy groups -OCH3 is 1. The summed E-state index contributed by atoms with van der Waals surface area (Å²) in [6.45, 7) is 9.87. The highest BCUT2D eigenvalue weighted by molar-refractivity contribution is 5.16. The van der Waals surface area contributed by atoms with E-state index in [4.69, 9.17) is 4.74 Å². The van der Waals surface area contributed by atoms with Gasteiger partial charge in [-0.05, 0) is 32.3 Å². The molecule has 0 bridgehead atoms. The quantitative estimate of drug-likeness (QED) is 0.872. The maximum Gasteiger partial charge on any atom is 0.0615 e. The molecule has 3 unspecified atom stereocenters. The molecule has 1 saturated heterocycles. The highest BCUT2D eigenvalue weighted by Gasteiger charge is 2.38. The molecule has 0 aromatic heterocycles. The number of rotatable bonds is 6. The van der Waals surface area contributed by atoms with Gasteiger partial charge in [0.2, 0.25) is 0 Å². The average Bonchev–Trinajstić information content (AvgIpc) is 2.50. The van der Waals surface area contributed by atoms with Crippen molar-refractivity contribution < 1.29 is 4.74 Å². The van der Waals surface area contributed by atoms with Gasteiger partial charge < -0.3 is 10.1 Å². The molecule has 1 N–H and O–H groups in total. The molecular formula is C18H30N2O. The largest absolute Gasteiger partial charge is 0.383 e. The molecular weight excluding hydrogens is 260 g/mol. The molecule has 3 atom stereocenters. The van der Waals surface area contributed by atoms with E-state index in [0.717, 1.165) is 32.5 Å². The Morgan fingerprint density at radius 1 is 1.38 bits per heavy atom. The second kappa shape index (κ2) is 7.39. The van der Waals surface area contributed by atoms with E-state index < -0.39 is 0 Å². The molecule has 0 saturated carbocycles. The molecule has 0 spiro atoms. The van der Waals surface area contributed by atoms with E-state index in [1.54, 1.807) is 7.11 Å². The van der Waals surface area contributed by atoms with Gasteiger partial charge in [-0.25, -0.2) is 0 Å². The van der Waals surface area contributed by atoms with Gasteiger partial charge in [0, 0.05) is 37.8 Å². The van der Waals surface area contributed by atoms with Crippen LogP contribution in [0.4, 0.5) is 0 Å². The van der Waals surface area contributed by atoms with Crippen LogP contribution in [0, 0.1) is 0 Å². The lowest BCUT2D eigenvalue weighted by Gasteiger charge is -2.50. The van der Waals surface area contributed by atoms with Gasteiger partial charge in [0.05, 0.1) is 6.61 Å². The number of hydrogen-bond donors (Lipinski definition) is 1. The number of hydrogen-bond acceptors (Lipinski definition) is 3. The summed E-state index contributed by atoms with van der Waals surface area (Å²) in [7, 11) is 1.80. The van der Waals surface area contributed by atoms with E-state index in [9.17, 15) is 0 Å². The predicted molar refractivity (Wildman–Crippen MR) is 88.7 cm³/mol. The zero-order valence-corrected chi connectivity index (χ0v) is 13.9. The van der Waals surface area contributed by atoms with Crippen molar-refractivity contribution in [2.24, 2.45) is 0 Å². The summed E-state index contributed by atoms with van der Waals surface area (Å²) in [5.74, 6) is 0. The molecule has 2 rings (SSSR count). The lowest BCUT2D eigenvalue weighted by molar-refractivity contribution is -0.0115. The van der Waals surface area contributed by atoms with Crippen molar-refractivity contribution in [3.05, 3.63) is 35.9 Å². The summed E-state index contributed by atoms with van der Waals surface area (Å²) < 4.78 is 5.39. The Labute approximate surface area is 129 Å². The average molecular weight is 290 g/mol. The van der Waals surface area contributed by atoms with Crippen LogP contribution in [0.15, 0.2) is 30.3 Å². The zero-order chi connectivity index (χ0) is 15.3. The number of piperazine rings is 1. The molecule has 118 valence electrons. The minimum Gasteiger partial charge on any atom is -0.383 e. The van der Waals surface area contributed by atoms with Gasteiger partial charge in [-0.15, -0.1) is 0 Å². The number of nitrogens with zero attached hydrogens (tertiary/aromatic N) is 1. The molecule has 1 heterocycles. The van der Waals surface area contributed by atoms with E-state index in [2.05, 4.69) is 61.3 Å². The van der Waals surface area contributed by atoms with Crippen molar-refractivity contribution in [1.29, 1.82) is 0 Å². The second-order valence-corrected chi connectivity index (χ2v) is 6.57. The van der Waals surface area contributed by atoms with Gasteiger partial charge in [0.25, 0.3) is 0 Å². The number of nitrogens with one attached hydrogen (secondary N) is 1. The SMILES string of the molecule is CCC1(C)CNC(Cc2ccccc2)CN1C(C)COC. The van der Waals surface area contributed by atoms with Crippen molar-refractivity contribution >= 4 is 0 Å². The summed E-state index contributed by atoms with van der Waals surface area (Å²) in [5, 5.41) is 3.75. The van der Waals surface area contributed by atoms with Crippen LogP contribution in [0.2, 0.25) is 0 Å². The Morgan fingerprint density at radius 3 is 2.71 bits per heavy atom. The van der Waals surface area contributed by atoms with Crippen LogP contribution in [0.3, 0.4) is 0 Å². The second-order valence-electron chi connectivity index (χ2n) is 6.57. The summed E-state index contributed by atoms with van der Waals surface area (Å²) >= 11 is 0. The summed E-state index contributed by atoms with van der Waals surface area (Å²) in [6.07, 6.45) is 2.25. The molecule has 0 radical (unpaired) electrons. The smallest absolute Gasteiger partial charge is 0.0615 e. The van der Waals surface area contributed by atoms with Crippen molar-refractivity contribution in [1.82, 2.24) is 10.2 Å². The molecule has 0 amide bonds. The Hall–Kier alpha value is -0.900. The molecule has 0 aliphatic carbocycles. The normalized spacial score (nSPS) is 28.5. The van der Waals surface area contributed by atoms with Gasteiger partial charge in [-0.2, -0.15) is 0 Å². The molecule has 21 heavy (non-hydrogen) atoms. The molecule has 1 aromatic carbocycles. The van der Waals surface area contributed by atoms with Gasteiger partial charge in [0.1, 0.15) is 0 Å². The Balaban J connectivity index is 2.04. The third kappa shape index (κ3) is 4.06. The first-order valence-corrected chi connectivity index (χ1v) is 8.12. The fourth-order valence-electron chi connectivity index (χ4n) is 3.39. The maximum atomic E-state index is 5.39. The summed E-state index contributed by atoms with van der Waals surface area (Å²) in [5.41, 5.74) is 1.64. The van der Waals surface area contributed by atoms with Crippen LogP contribution in [0.1, 0.15) is 32.8 Å². The molecule has 1 aromatic rings. The minimum absolute atomic E-state index is 0.227. The molecule has 3 heteroatoms. The van der Waals surface area contributed by atoms with E-state index in [1.165, 1.54) is 5.56 Å². The fraction of sp³-hybridized carbons (Fsp3) is 0.667. The molecule has 1 aliphatic heterocycles. The van der Waals surface area contributed by atoms with Gasteiger partial charge in [0.15, 0.2) is 0 Å². The lowest BCUT2D eigenvalue weighted by atomic mass is 9.89. The van der Waals surface area contributed by atoms with E-state index >= 15 is 0 Å². The monoisotopic (exact) mass is 290 g/mol. The first-order chi connectivity index (χ1) is 10.1. The molecule has 1 fully saturated rings. The number of benzene rings is 1. The van der Waals surface area contributed by atoms with Crippen molar-refractivity contribution in [3.8, 4) is 0 Å². The first-order valence-electron chi connectivity index (χ1n) is 8.12. The highest BCUT2D eigenvalue weighted by atomic mass is 16.5. The van der Waals surface area contributed by atoms with Crippen LogP contribution < -0.4 is 5.32 Å². The summed E-state index contributed by atoms with van der Waals surface area (Å²) in [4.78, 5) is 2.64. The maximum absolute atomic E-state index is 5.39. The van der Waals surface area contributed by atoms with Crippen LogP contribution >= 0.6 is 0 Å². The van der Waals surface area contributed by atoms with Crippen LogP contribution in [-0.4, -0.2) is 49.3 Å². The topological polar surface area (TPSA) is 24.5 Å². The first kappa shape index (κ1) is 16.5.